The third-order valence-electron chi connectivity index (χ3n) is 3.27. The normalized spacial score (nSPS) is 24.1. The first-order valence-corrected chi connectivity index (χ1v) is 6.29. The van der Waals surface area contributed by atoms with Crippen molar-refractivity contribution < 1.29 is 9.18 Å². The van der Waals surface area contributed by atoms with Crippen molar-refractivity contribution in [3.63, 3.8) is 0 Å². The Labute approximate surface area is 107 Å². The van der Waals surface area contributed by atoms with E-state index < -0.39 is 0 Å². The summed E-state index contributed by atoms with van der Waals surface area (Å²) in [5.41, 5.74) is 1.29. The van der Waals surface area contributed by atoms with Gasteiger partial charge in [-0.3, -0.25) is 4.79 Å². The molecule has 0 radical (unpaired) electrons. The fourth-order valence-corrected chi connectivity index (χ4v) is 2.49. The van der Waals surface area contributed by atoms with E-state index in [1.165, 1.54) is 12.1 Å². The molecule has 1 heterocycles. The number of nitrogens with zero attached hydrogens (tertiary/aromatic N) is 1. The molecule has 0 saturated carbocycles. The highest BCUT2D eigenvalue weighted by Gasteiger charge is 2.26. The van der Waals surface area contributed by atoms with Crippen molar-refractivity contribution in [2.75, 3.05) is 13.1 Å². The maximum Gasteiger partial charge on any atom is 0.254 e. The van der Waals surface area contributed by atoms with Gasteiger partial charge in [0.15, 0.2) is 0 Å². The number of amides is 1. The molecule has 1 saturated heterocycles. The van der Waals surface area contributed by atoms with Crippen molar-refractivity contribution in [3.8, 4) is 0 Å². The highest BCUT2D eigenvalue weighted by molar-refractivity contribution is 5.95. The second kappa shape index (κ2) is 5.06. The molecular formula is C14H19FN2O. The fourth-order valence-electron chi connectivity index (χ4n) is 2.49. The summed E-state index contributed by atoms with van der Waals surface area (Å²) in [6.45, 7) is 7.27. The lowest BCUT2D eigenvalue weighted by atomic mass is 10.1. The third-order valence-corrected chi connectivity index (χ3v) is 3.27. The largest absolute Gasteiger partial charge is 0.336 e. The molecule has 18 heavy (non-hydrogen) atoms. The van der Waals surface area contributed by atoms with E-state index >= 15 is 0 Å². The first-order valence-electron chi connectivity index (χ1n) is 6.29. The molecule has 2 atom stereocenters. The van der Waals surface area contributed by atoms with Crippen molar-refractivity contribution in [3.05, 3.63) is 35.1 Å². The van der Waals surface area contributed by atoms with Crippen LogP contribution in [0, 0.1) is 12.7 Å². The monoisotopic (exact) mass is 250 g/mol. The third kappa shape index (κ3) is 2.70. The Morgan fingerprint density at radius 1 is 1.33 bits per heavy atom. The summed E-state index contributed by atoms with van der Waals surface area (Å²) >= 11 is 0. The summed E-state index contributed by atoms with van der Waals surface area (Å²) in [5.74, 6) is -0.438. The van der Waals surface area contributed by atoms with Gasteiger partial charge in [-0.1, -0.05) is 6.07 Å². The van der Waals surface area contributed by atoms with Gasteiger partial charge in [0.1, 0.15) is 5.82 Å². The lowest BCUT2D eigenvalue weighted by molar-refractivity contribution is 0.0672. The molecule has 1 aromatic rings. The van der Waals surface area contributed by atoms with Gasteiger partial charge >= 0.3 is 0 Å². The number of carbonyl (C=O) groups is 1. The highest BCUT2D eigenvalue weighted by Crippen LogP contribution is 2.15. The Bertz CT molecular complexity index is 451. The lowest BCUT2D eigenvalue weighted by Gasteiger charge is -2.36. The molecule has 1 aliphatic heterocycles. The molecule has 1 aliphatic rings. The topological polar surface area (TPSA) is 32.3 Å². The predicted octanol–water partition coefficient (Wildman–Crippen LogP) is 1.96. The number of aryl methyl sites for hydroxylation is 1. The number of benzene rings is 1. The predicted molar refractivity (Wildman–Crippen MR) is 69.1 cm³/mol. The molecule has 1 N–H and O–H groups in total. The second-order valence-electron chi connectivity index (χ2n) is 5.14. The van der Waals surface area contributed by atoms with Gasteiger partial charge in [-0.25, -0.2) is 4.39 Å². The zero-order chi connectivity index (χ0) is 13.3. The van der Waals surface area contributed by atoms with Crippen LogP contribution < -0.4 is 5.32 Å². The summed E-state index contributed by atoms with van der Waals surface area (Å²) in [5, 5.41) is 3.37. The molecule has 0 aliphatic carbocycles. The van der Waals surface area contributed by atoms with Gasteiger partial charge in [0.2, 0.25) is 0 Å². The number of carbonyl (C=O) groups excluding carboxylic acids is 1. The molecule has 1 amide bonds. The lowest BCUT2D eigenvalue weighted by Crippen LogP contribution is -2.55. The van der Waals surface area contributed by atoms with Crippen LogP contribution in [0.15, 0.2) is 18.2 Å². The number of hydrogen-bond acceptors (Lipinski definition) is 2. The molecule has 3 nitrogen and oxygen atoms in total. The summed E-state index contributed by atoms with van der Waals surface area (Å²) in [6.07, 6.45) is 0. The van der Waals surface area contributed by atoms with Crippen molar-refractivity contribution in [2.45, 2.75) is 32.9 Å². The van der Waals surface area contributed by atoms with Crippen LogP contribution in [0.3, 0.4) is 0 Å². The minimum atomic E-state index is -0.361. The molecule has 2 rings (SSSR count). The quantitative estimate of drug-likeness (QED) is 0.826. The molecule has 1 aromatic carbocycles. The van der Waals surface area contributed by atoms with Crippen LogP contribution in [0.4, 0.5) is 4.39 Å². The number of rotatable bonds is 1. The van der Waals surface area contributed by atoms with Crippen LogP contribution in [-0.2, 0) is 0 Å². The molecule has 1 fully saturated rings. The van der Waals surface area contributed by atoms with Gasteiger partial charge < -0.3 is 10.2 Å². The van der Waals surface area contributed by atoms with E-state index in [1.54, 1.807) is 11.0 Å². The first-order chi connectivity index (χ1) is 8.47. The highest BCUT2D eigenvalue weighted by atomic mass is 19.1. The van der Waals surface area contributed by atoms with Gasteiger partial charge in [0.05, 0.1) is 0 Å². The van der Waals surface area contributed by atoms with Crippen LogP contribution in [-0.4, -0.2) is 36.0 Å². The zero-order valence-corrected chi connectivity index (χ0v) is 11.0. The molecule has 98 valence electrons. The smallest absolute Gasteiger partial charge is 0.254 e. The Morgan fingerprint density at radius 2 is 1.94 bits per heavy atom. The number of halogens is 1. The SMILES string of the molecule is Cc1ccc(F)cc1C(=O)N1C[C@@H](C)N[C@H](C)C1. The molecule has 0 aromatic heterocycles. The van der Waals surface area contributed by atoms with Crippen molar-refractivity contribution in [1.29, 1.82) is 0 Å². The van der Waals surface area contributed by atoms with E-state index in [0.717, 1.165) is 5.56 Å². The van der Waals surface area contributed by atoms with Crippen molar-refractivity contribution in [1.82, 2.24) is 10.2 Å². The number of hydrogen-bond donors (Lipinski definition) is 1. The maximum absolute atomic E-state index is 13.2. The molecule has 0 bridgehead atoms. The van der Waals surface area contributed by atoms with Gasteiger partial charge in [-0.2, -0.15) is 0 Å². The summed E-state index contributed by atoms with van der Waals surface area (Å²) in [6, 6.07) is 4.90. The summed E-state index contributed by atoms with van der Waals surface area (Å²) < 4.78 is 13.2. The van der Waals surface area contributed by atoms with E-state index in [2.05, 4.69) is 5.32 Å². The average Bonchev–Trinajstić information content (AvgIpc) is 2.30. The van der Waals surface area contributed by atoms with Gasteiger partial charge in [-0.05, 0) is 38.5 Å². The maximum atomic E-state index is 13.2. The van der Waals surface area contributed by atoms with Crippen LogP contribution >= 0.6 is 0 Å². The van der Waals surface area contributed by atoms with Crippen LogP contribution in [0.25, 0.3) is 0 Å². The van der Waals surface area contributed by atoms with E-state index in [0.29, 0.717) is 18.7 Å². The zero-order valence-electron chi connectivity index (χ0n) is 11.0. The Hall–Kier alpha value is -1.42. The standard InChI is InChI=1S/C14H19FN2O/c1-9-4-5-12(15)6-13(9)14(18)17-7-10(2)16-11(3)8-17/h4-6,10-11,16H,7-8H2,1-3H3/t10-,11-/m1/s1. The van der Waals surface area contributed by atoms with Crippen molar-refractivity contribution in [2.24, 2.45) is 0 Å². The minimum Gasteiger partial charge on any atom is -0.336 e. The van der Waals surface area contributed by atoms with Gasteiger partial charge in [0.25, 0.3) is 5.91 Å². The fraction of sp³-hybridized carbons (Fsp3) is 0.500. The first kappa shape index (κ1) is 13.0. The van der Waals surface area contributed by atoms with E-state index in [1.807, 2.05) is 20.8 Å². The van der Waals surface area contributed by atoms with Gasteiger partial charge in [0, 0.05) is 30.7 Å². The van der Waals surface area contributed by atoms with E-state index in [4.69, 9.17) is 0 Å². The Balaban J connectivity index is 2.22. The van der Waals surface area contributed by atoms with Crippen LogP contribution in [0.5, 0.6) is 0 Å². The average molecular weight is 250 g/mol. The van der Waals surface area contributed by atoms with Gasteiger partial charge in [-0.15, -0.1) is 0 Å². The van der Waals surface area contributed by atoms with Crippen LogP contribution in [0.2, 0.25) is 0 Å². The molecule has 0 spiro atoms. The Morgan fingerprint density at radius 3 is 2.56 bits per heavy atom. The van der Waals surface area contributed by atoms with Crippen LogP contribution in [0.1, 0.15) is 29.8 Å². The molecular weight excluding hydrogens is 231 g/mol. The van der Waals surface area contributed by atoms with E-state index in [-0.39, 0.29) is 23.8 Å². The Kier molecular flexibility index (Phi) is 3.66. The van der Waals surface area contributed by atoms with Crippen molar-refractivity contribution >= 4 is 5.91 Å². The molecule has 4 heteroatoms. The number of piperazine rings is 1. The van der Waals surface area contributed by atoms with E-state index in [9.17, 15) is 9.18 Å². The summed E-state index contributed by atoms with van der Waals surface area (Å²) in [4.78, 5) is 14.2. The minimum absolute atomic E-state index is 0.0767. The summed E-state index contributed by atoms with van der Waals surface area (Å²) in [7, 11) is 0. The molecule has 0 unspecified atom stereocenters. The second-order valence-corrected chi connectivity index (χ2v) is 5.14. The number of nitrogens with one attached hydrogen (secondary N) is 1.